The predicted octanol–water partition coefficient (Wildman–Crippen LogP) is 2.64. The molecule has 2 atom stereocenters. The Morgan fingerprint density at radius 2 is 2.37 bits per heavy atom. The maximum absolute atomic E-state index is 5.51. The second-order valence-electron chi connectivity index (χ2n) is 6.32. The Balaban J connectivity index is 1.68. The molecule has 0 radical (unpaired) electrons. The number of rotatable bonds is 4. The first-order valence-corrected chi connectivity index (χ1v) is 7.36. The molecule has 3 rings (SSSR count). The highest BCUT2D eigenvalue weighted by Gasteiger charge is 2.49. The van der Waals surface area contributed by atoms with Gasteiger partial charge in [-0.25, -0.2) is 0 Å². The van der Waals surface area contributed by atoms with Crippen molar-refractivity contribution in [3.63, 3.8) is 0 Å². The Morgan fingerprint density at radius 1 is 1.47 bits per heavy atom. The zero-order chi connectivity index (χ0) is 13.3. The fourth-order valence-electron chi connectivity index (χ4n) is 4.09. The second-order valence-corrected chi connectivity index (χ2v) is 6.32. The zero-order valence-electron chi connectivity index (χ0n) is 12.1. The molecular formula is C16H24N2O. The van der Waals surface area contributed by atoms with Crippen LogP contribution in [0.4, 0.5) is 0 Å². The Morgan fingerprint density at radius 3 is 3.16 bits per heavy atom. The summed E-state index contributed by atoms with van der Waals surface area (Å²) in [6, 6.07) is 6.32. The van der Waals surface area contributed by atoms with E-state index in [2.05, 4.69) is 35.0 Å². The van der Waals surface area contributed by atoms with Crippen LogP contribution >= 0.6 is 0 Å². The summed E-state index contributed by atoms with van der Waals surface area (Å²) in [5, 5.41) is 0. The standard InChI is InChI=1S/C16H24N2O/c1-13-5-3-7-15(17-13)10-18-9-14-6-4-8-16(14,11-18)12-19-2/h3,5,7,14H,4,6,8-12H2,1-2H3/t14-,16+/m0/s1. The summed E-state index contributed by atoms with van der Waals surface area (Å²) in [4.78, 5) is 7.20. The predicted molar refractivity (Wildman–Crippen MR) is 75.9 cm³/mol. The van der Waals surface area contributed by atoms with Crippen molar-refractivity contribution in [2.75, 3.05) is 26.8 Å². The van der Waals surface area contributed by atoms with Crippen LogP contribution in [-0.2, 0) is 11.3 Å². The largest absolute Gasteiger partial charge is 0.384 e. The molecule has 0 spiro atoms. The van der Waals surface area contributed by atoms with Gasteiger partial charge in [0.1, 0.15) is 0 Å². The molecule has 0 N–H and O–H groups in total. The van der Waals surface area contributed by atoms with E-state index in [1.54, 1.807) is 0 Å². The van der Waals surface area contributed by atoms with Gasteiger partial charge >= 0.3 is 0 Å². The summed E-state index contributed by atoms with van der Waals surface area (Å²) in [5.41, 5.74) is 2.74. The molecular weight excluding hydrogens is 236 g/mol. The number of pyridine rings is 1. The number of fused-ring (bicyclic) bond motifs is 1. The lowest BCUT2D eigenvalue weighted by Gasteiger charge is -2.28. The SMILES string of the molecule is COC[C@]12CCC[C@H]1CN(Cc1cccc(C)n1)C2. The number of hydrogen-bond acceptors (Lipinski definition) is 3. The smallest absolute Gasteiger partial charge is 0.0547 e. The molecule has 1 aliphatic carbocycles. The normalized spacial score (nSPS) is 30.7. The highest BCUT2D eigenvalue weighted by Crippen LogP contribution is 2.48. The minimum atomic E-state index is 0.429. The average Bonchev–Trinajstić information content (AvgIpc) is 2.85. The number of nitrogens with zero attached hydrogens (tertiary/aromatic N) is 2. The van der Waals surface area contributed by atoms with Crippen molar-refractivity contribution >= 4 is 0 Å². The zero-order valence-corrected chi connectivity index (χ0v) is 12.1. The van der Waals surface area contributed by atoms with Crippen LogP contribution in [0.3, 0.4) is 0 Å². The van der Waals surface area contributed by atoms with E-state index in [1.807, 2.05) is 7.11 Å². The Labute approximate surface area is 116 Å². The van der Waals surface area contributed by atoms with Gasteiger partial charge in [0.25, 0.3) is 0 Å². The van der Waals surface area contributed by atoms with Gasteiger partial charge in [0.15, 0.2) is 0 Å². The van der Waals surface area contributed by atoms with Gasteiger partial charge < -0.3 is 4.74 Å². The van der Waals surface area contributed by atoms with Gasteiger partial charge in [0.2, 0.25) is 0 Å². The molecule has 2 heterocycles. The van der Waals surface area contributed by atoms with Crippen molar-refractivity contribution in [1.82, 2.24) is 9.88 Å². The van der Waals surface area contributed by atoms with E-state index in [4.69, 9.17) is 4.74 Å². The number of aromatic nitrogens is 1. The Bertz CT molecular complexity index is 448. The molecule has 2 aliphatic rings. The minimum absolute atomic E-state index is 0.429. The number of likely N-dealkylation sites (tertiary alicyclic amines) is 1. The summed E-state index contributed by atoms with van der Waals surface area (Å²) < 4.78 is 5.51. The van der Waals surface area contributed by atoms with Crippen LogP contribution in [0.15, 0.2) is 18.2 Å². The maximum atomic E-state index is 5.51. The van der Waals surface area contributed by atoms with Crippen LogP contribution in [-0.4, -0.2) is 36.7 Å². The van der Waals surface area contributed by atoms with Crippen molar-refractivity contribution in [1.29, 1.82) is 0 Å². The van der Waals surface area contributed by atoms with Crippen molar-refractivity contribution in [3.05, 3.63) is 29.6 Å². The summed E-state index contributed by atoms with van der Waals surface area (Å²) in [5.74, 6) is 0.831. The van der Waals surface area contributed by atoms with E-state index in [0.29, 0.717) is 5.41 Å². The molecule has 0 amide bonds. The highest BCUT2D eigenvalue weighted by molar-refractivity contribution is 5.11. The lowest BCUT2D eigenvalue weighted by molar-refractivity contribution is 0.0699. The van der Waals surface area contributed by atoms with Crippen LogP contribution in [0.2, 0.25) is 0 Å². The van der Waals surface area contributed by atoms with Crippen molar-refractivity contribution < 1.29 is 4.74 Å². The first kappa shape index (κ1) is 13.1. The third-order valence-corrected chi connectivity index (χ3v) is 4.87. The summed E-state index contributed by atoms with van der Waals surface area (Å²) in [7, 11) is 1.84. The third-order valence-electron chi connectivity index (χ3n) is 4.87. The Kier molecular flexibility index (Phi) is 3.59. The van der Waals surface area contributed by atoms with E-state index in [0.717, 1.165) is 24.8 Å². The molecule has 1 aromatic heterocycles. The fourth-order valence-corrected chi connectivity index (χ4v) is 4.09. The van der Waals surface area contributed by atoms with Gasteiger partial charge in [-0.1, -0.05) is 12.5 Å². The van der Waals surface area contributed by atoms with E-state index in [1.165, 1.54) is 38.0 Å². The number of ether oxygens (including phenoxy) is 1. The van der Waals surface area contributed by atoms with Crippen molar-refractivity contribution in [3.8, 4) is 0 Å². The van der Waals surface area contributed by atoms with Gasteiger partial charge in [-0.05, 0) is 37.8 Å². The van der Waals surface area contributed by atoms with E-state index in [9.17, 15) is 0 Å². The van der Waals surface area contributed by atoms with E-state index in [-0.39, 0.29) is 0 Å². The molecule has 1 aliphatic heterocycles. The van der Waals surface area contributed by atoms with Gasteiger partial charge in [-0.2, -0.15) is 0 Å². The van der Waals surface area contributed by atoms with Crippen LogP contribution in [0.5, 0.6) is 0 Å². The Hall–Kier alpha value is -0.930. The van der Waals surface area contributed by atoms with Crippen LogP contribution in [0.25, 0.3) is 0 Å². The van der Waals surface area contributed by atoms with Gasteiger partial charge in [0.05, 0.1) is 12.3 Å². The number of hydrogen-bond donors (Lipinski definition) is 0. The van der Waals surface area contributed by atoms with Crippen LogP contribution < -0.4 is 0 Å². The molecule has 3 nitrogen and oxygen atoms in total. The third kappa shape index (κ3) is 2.54. The first-order valence-electron chi connectivity index (χ1n) is 7.36. The van der Waals surface area contributed by atoms with E-state index < -0.39 is 0 Å². The lowest BCUT2D eigenvalue weighted by Crippen LogP contribution is -2.31. The number of aryl methyl sites for hydroxylation is 1. The van der Waals surface area contributed by atoms with Crippen LogP contribution in [0, 0.1) is 18.3 Å². The van der Waals surface area contributed by atoms with Gasteiger partial charge in [0, 0.05) is 37.9 Å². The van der Waals surface area contributed by atoms with E-state index >= 15 is 0 Å². The molecule has 2 fully saturated rings. The lowest BCUT2D eigenvalue weighted by atomic mass is 9.82. The summed E-state index contributed by atoms with van der Waals surface area (Å²) in [6.45, 7) is 6.38. The summed E-state index contributed by atoms with van der Waals surface area (Å²) in [6.07, 6.45) is 4.09. The molecule has 1 aromatic rings. The first-order chi connectivity index (χ1) is 9.22. The molecule has 1 saturated heterocycles. The second kappa shape index (κ2) is 5.22. The molecule has 0 aromatic carbocycles. The van der Waals surface area contributed by atoms with Crippen LogP contribution in [0.1, 0.15) is 30.7 Å². The number of methoxy groups -OCH3 is 1. The molecule has 104 valence electrons. The molecule has 3 heteroatoms. The van der Waals surface area contributed by atoms with Gasteiger partial charge in [-0.15, -0.1) is 0 Å². The fraction of sp³-hybridized carbons (Fsp3) is 0.688. The maximum Gasteiger partial charge on any atom is 0.0547 e. The topological polar surface area (TPSA) is 25.4 Å². The molecule has 0 unspecified atom stereocenters. The monoisotopic (exact) mass is 260 g/mol. The average molecular weight is 260 g/mol. The molecule has 0 bridgehead atoms. The van der Waals surface area contributed by atoms with Crippen molar-refractivity contribution in [2.24, 2.45) is 11.3 Å². The minimum Gasteiger partial charge on any atom is -0.384 e. The molecule has 19 heavy (non-hydrogen) atoms. The van der Waals surface area contributed by atoms with Crippen molar-refractivity contribution in [2.45, 2.75) is 32.7 Å². The molecule has 1 saturated carbocycles. The van der Waals surface area contributed by atoms with Gasteiger partial charge in [-0.3, -0.25) is 9.88 Å². The quantitative estimate of drug-likeness (QED) is 0.832. The summed E-state index contributed by atoms with van der Waals surface area (Å²) >= 11 is 0. The highest BCUT2D eigenvalue weighted by atomic mass is 16.5.